The third-order valence-electron chi connectivity index (χ3n) is 2.89. The number of methoxy groups -OCH3 is 1. The second-order valence-corrected chi connectivity index (χ2v) is 4.76. The Morgan fingerprint density at radius 1 is 1.09 bits per heavy atom. The van der Waals surface area contributed by atoms with E-state index in [1.807, 2.05) is 12.1 Å². The van der Waals surface area contributed by atoms with E-state index in [-0.39, 0.29) is 13.2 Å². The van der Waals surface area contributed by atoms with Crippen LogP contribution >= 0.6 is 11.6 Å². The molecule has 6 heteroatoms. The maximum Gasteiger partial charge on any atom is 0.252 e. The molecule has 0 saturated carbocycles. The maximum absolute atomic E-state index is 11.4. The van der Waals surface area contributed by atoms with Gasteiger partial charge in [0, 0.05) is 6.07 Å². The fourth-order valence-electron chi connectivity index (χ4n) is 1.82. The molecule has 0 aliphatic rings. The monoisotopic (exact) mass is 321 g/mol. The molecule has 0 bridgehead atoms. The van der Waals surface area contributed by atoms with Crippen LogP contribution in [-0.2, 0) is 0 Å². The van der Waals surface area contributed by atoms with Crippen molar-refractivity contribution in [2.75, 3.05) is 20.3 Å². The molecule has 0 heterocycles. The lowest BCUT2D eigenvalue weighted by Gasteiger charge is -2.12. The zero-order valence-electron chi connectivity index (χ0n) is 12.0. The minimum absolute atomic E-state index is 0.235. The van der Waals surface area contributed by atoms with Crippen LogP contribution in [0.15, 0.2) is 42.5 Å². The number of hydrogen-bond acceptors (Lipinski definition) is 4. The molecule has 0 saturated heterocycles. The minimum Gasteiger partial charge on any atom is -0.497 e. The molecule has 1 amide bonds. The van der Waals surface area contributed by atoms with Crippen molar-refractivity contribution in [1.82, 2.24) is 0 Å². The van der Waals surface area contributed by atoms with Gasteiger partial charge in [0.1, 0.15) is 30.5 Å². The lowest BCUT2D eigenvalue weighted by molar-refractivity contribution is 0.0995. The van der Waals surface area contributed by atoms with Gasteiger partial charge in [0.2, 0.25) is 0 Å². The Kier molecular flexibility index (Phi) is 5.49. The van der Waals surface area contributed by atoms with Gasteiger partial charge in [-0.2, -0.15) is 0 Å². The summed E-state index contributed by atoms with van der Waals surface area (Å²) >= 11 is 5.98. The molecule has 5 nitrogen and oxygen atoms in total. The van der Waals surface area contributed by atoms with E-state index >= 15 is 0 Å². The van der Waals surface area contributed by atoms with Gasteiger partial charge in [0.05, 0.1) is 17.7 Å². The lowest BCUT2D eigenvalue weighted by atomic mass is 10.2. The number of halogens is 1. The van der Waals surface area contributed by atoms with Crippen LogP contribution in [0.4, 0.5) is 0 Å². The third-order valence-corrected chi connectivity index (χ3v) is 3.20. The summed E-state index contributed by atoms with van der Waals surface area (Å²) in [5, 5.41) is 0.529. The smallest absolute Gasteiger partial charge is 0.252 e. The average Bonchev–Trinajstić information content (AvgIpc) is 2.52. The van der Waals surface area contributed by atoms with Crippen LogP contribution in [-0.4, -0.2) is 26.2 Å². The quantitative estimate of drug-likeness (QED) is 0.796. The molecule has 2 N–H and O–H groups in total. The molecule has 2 aromatic rings. The van der Waals surface area contributed by atoms with Crippen molar-refractivity contribution >= 4 is 17.5 Å². The second-order valence-electron chi connectivity index (χ2n) is 4.35. The second kappa shape index (κ2) is 7.56. The number of benzene rings is 2. The van der Waals surface area contributed by atoms with Crippen LogP contribution in [0.2, 0.25) is 5.02 Å². The number of amides is 1. The molecule has 0 radical (unpaired) electrons. The van der Waals surface area contributed by atoms with Crippen molar-refractivity contribution in [3.63, 3.8) is 0 Å². The van der Waals surface area contributed by atoms with Crippen molar-refractivity contribution in [2.24, 2.45) is 5.73 Å². The number of hydrogen-bond donors (Lipinski definition) is 1. The SMILES string of the molecule is COc1ccc(C(N)=O)c(OCCOc2ccccc2Cl)c1. The normalized spacial score (nSPS) is 10.1. The van der Waals surface area contributed by atoms with Crippen molar-refractivity contribution < 1.29 is 19.0 Å². The Labute approximate surface area is 133 Å². The van der Waals surface area contributed by atoms with Crippen LogP contribution in [0.5, 0.6) is 17.2 Å². The molecular formula is C16H16ClNO4. The van der Waals surface area contributed by atoms with Crippen molar-refractivity contribution in [1.29, 1.82) is 0 Å². The van der Waals surface area contributed by atoms with Gasteiger partial charge in [0.15, 0.2) is 0 Å². The number of ether oxygens (including phenoxy) is 3. The van der Waals surface area contributed by atoms with Gasteiger partial charge in [-0.25, -0.2) is 0 Å². The number of carbonyl (C=O) groups is 1. The number of rotatable bonds is 7. The molecule has 0 fully saturated rings. The van der Waals surface area contributed by atoms with Gasteiger partial charge in [-0.1, -0.05) is 23.7 Å². The lowest BCUT2D eigenvalue weighted by Crippen LogP contribution is -2.15. The fraction of sp³-hybridized carbons (Fsp3) is 0.188. The van der Waals surface area contributed by atoms with Gasteiger partial charge in [-0.15, -0.1) is 0 Å². The molecule has 0 spiro atoms. The number of carbonyl (C=O) groups excluding carboxylic acids is 1. The van der Waals surface area contributed by atoms with Crippen molar-refractivity contribution in [2.45, 2.75) is 0 Å². The van der Waals surface area contributed by atoms with E-state index in [1.165, 1.54) is 7.11 Å². The molecule has 2 rings (SSSR count). The summed E-state index contributed by atoms with van der Waals surface area (Å²) in [6.07, 6.45) is 0. The summed E-state index contributed by atoms with van der Waals surface area (Å²) in [5.74, 6) is 0.944. The van der Waals surface area contributed by atoms with Gasteiger partial charge < -0.3 is 19.9 Å². The Hall–Kier alpha value is -2.40. The Bertz CT molecular complexity index is 660. The van der Waals surface area contributed by atoms with Crippen LogP contribution in [0.25, 0.3) is 0 Å². The molecule has 22 heavy (non-hydrogen) atoms. The van der Waals surface area contributed by atoms with E-state index in [1.54, 1.807) is 30.3 Å². The van der Waals surface area contributed by atoms with E-state index < -0.39 is 5.91 Å². The molecule has 0 unspecified atom stereocenters. The van der Waals surface area contributed by atoms with E-state index in [0.717, 1.165) is 0 Å². The molecule has 0 aliphatic carbocycles. The summed E-state index contributed by atoms with van der Waals surface area (Å²) < 4.78 is 16.2. The first kappa shape index (κ1) is 16.0. The van der Waals surface area contributed by atoms with E-state index in [2.05, 4.69) is 0 Å². The van der Waals surface area contributed by atoms with E-state index in [9.17, 15) is 4.79 Å². The highest BCUT2D eigenvalue weighted by atomic mass is 35.5. The molecule has 2 aromatic carbocycles. The molecule has 116 valence electrons. The minimum atomic E-state index is -0.565. The predicted octanol–water partition coefficient (Wildman–Crippen LogP) is 2.91. The third kappa shape index (κ3) is 4.05. The first-order valence-electron chi connectivity index (χ1n) is 6.60. The van der Waals surface area contributed by atoms with Gasteiger partial charge in [-0.05, 0) is 24.3 Å². The number of nitrogens with two attached hydrogens (primary N) is 1. The zero-order chi connectivity index (χ0) is 15.9. The highest BCUT2D eigenvalue weighted by Gasteiger charge is 2.11. The van der Waals surface area contributed by atoms with Crippen LogP contribution in [0.3, 0.4) is 0 Å². The van der Waals surface area contributed by atoms with Crippen LogP contribution in [0.1, 0.15) is 10.4 Å². The molecule has 0 aromatic heterocycles. The van der Waals surface area contributed by atoms with Gasteiger partial charge in [0.25, 0.3) is 5.91 Å². The first-order chi connectivity index (χ1) is 10.6. The van der Waals surface area contributed by atoms with Crippen LogP contribution in [0, 0.1) is 0 Å². The average molecular weight is 322 g/mol. The topological polar surface area (TPSA) is 70.8 Å². The van der Waals surface area contributed by atoms with E-state index in [4.69, 9.17) is 31.5 Å². The first-order valence-corrected chi connectivity index (χ1v) is 6.97. The van der Waals surface area contributed by atoms with Crippen molar-refractivity contribution in [3.05, 3.63) is 53.1 Å². The molecular weight excluding hydrogens is 306 g/mol. The summed E-state index contributed by atoms with van der Waals surface area (Å²) in [5.41, 5.74) is 5.60. The van der Waals surface area contributed by atoms with Gasteiger partial charge in [-0.3, -0.25) is 4.79 Å². The van der Waals surface area contributed by atoms with Crippen LogP contribution < -0.4 is 19.9 Å². The molecule has 0 atom stereocenters. The highest BCUT2D eigenvalue weighted by Crippen LogP contribution is 2.25. The summed E-state index contributed by atoms with van der Waals surface area (Å²) in [4.78, 5) is 11.4. The summed E-state index contributed by atoms with van der Waals surface area (Å²) in [6.45, 7) is 0.512. The van der Waals surface area contributed by atoms with Gasteiger partial charge >= 0.3 is 0 Å². The number of para-hydroxylation sites is 1. The Morgan fingerprint density at radius 2 is 1.77 bits per heavy atom. The highest BCUT2D eigenvalue weighted by molar-refractivity contribution is 6.32. The molecule has 0 aliphatic heterocycles. The fourth-order valence-corrected chi connectivity index (χ4v) is 2.01. The standard InChI is InChI=1S/C16H16ClNO4/c1-20-11-6-7-12(16(18)19)15(10-11)22-9-8-21-14-5-3-2-4-13(14)17/h2-7,10H,8-9H2,1H3,(H2,18,19). The summed E-state index contributed by atoms with van der Waals surface area (Å²) in [7, 11) is 1.53. The Morgan fingerprint density at radius 3 is 2.41 bits per heavy atom. The Balaban J connectivity index is 1.96. The number of primary amides is 1. The zero-order valence-corrected chi connectivity index (χ0v) is 12.8. The largest absolute Gasteiger partial charge is 0.497 e. The van der Waals surface area contributed by atoms with E-state index in [0.29, 0.717) is 27.8 Å². The maximum atomic E-state index is 11.4. The summed E-state index contributed by atoms with van der Waals surface area (Å²) in [6, 6.07) is 12.0. The van der Waals surface area contributed by atoms with Crippen molar-refractivity contribution in [3.8, 4) is 17.2 Å². The predicted molar refractivity (Wildman–Crippen MR) is 84.0 cm³/mol.